The molecule has 0 spiro atoms. The van der Waals surface area contributed by atoms with Crippen molar-refractivity contribution in [1.82, 2.24) is 4.31 Å². The van der Waals surface area contributed by atoms with E-state index in [4.69, 9.17) is 6.42 Å². The van der Waals surface area contributed by atoms with E-state index in [9.17, 15) is 8.42 Å². The van der Waals surface area contributed by atoms with E-state index in [0.717, 1.165) is 11.1 Å². The molecule has 0 aliphatic carbocycles. The highest BCUT2D eigenvalue weighted by molar-refractivity contribution is 7.89. The highest BCUT2D eigenvalue weighted by atomic mass is 32.2. The fourth-order valence-electron chi connectivity index (χ4n) is 2.25. The van der Waals surface area contributed by atoms with E-state index in [0.29, 0.717) is 5.57 Å². The Kier molecular flexibility index (Phi) is 5.78. The quantitative estimate of drug-likeness (QED) is 0.598. The molecular weight excluding hydrogens is 318 g/mol. The lowest BCUT2D eigenvalue weighted by atomic mass is 10.1. The van der Waals surface area contributed by atoms with Crippen molar-refractivity contribution in [3.05, 3.63) is 78.0 Å². The molecule has 0 saturated heterocycles. The molecular formula is C20H19NO2S. The van der Waals surface area contributed by atoms with Gasteiger partial charge in [0.15, 0.2) is 0 Å². The van der Waals surface area contributed by atoms with Crippen molar-refractivity contribution in [1.29, 1.82) is 0 Å². The minimum absolute atomic E-state index is 0.0196. The van der Waals surface area contributed by atoms with Crippen molar-refractivity contribution < 1.29 is 8.42 Å². The van der Waals surface area contributed by atoms with Crippen LogP contribution in [0.1, 0.15) is 11.1 Å². The Morgan fingerprint density at radius 1 is 1.12 bits per heavy atom. The van der Waals surface area contributed by atoms with Crippen LogP contribution in [-0.2, 0) is 10.0 Å². The van der Waals surface area contributed by atoms with Crippen molar-refractivity contribution in [3.8, 4) is 12.3 Å². The van der Waals surface area contributed by atoms with Gasteiger partial charge < -0.3 is 0 Å². The van der Waals surface area contributed by atoms with Crippen LogP contribution in [0.3, 0.4) is 0 Å². The monoisotopic (exact) mass is 337 g/mol. The first-order valence-electron chi connectivity index (χ1n) is 7.43. The number of benzene rings is 2. The van der Waals surface area contributed by atoms with Gasteiger partial charge in [-0.3, -0.25) is 0 Å². The van der Waals surface area contributed by atoms with Crippen LogP contribution in [0.2, 0.25) is 0 Å². The van der Waals surface area contributed by atoms with Gasteiger partial charge in [0.25, 0.3) is 0 Å². The molecule has 0 aromatic heterocycles. The molecule has 0 aliphatic heterocycles. The molecule has 122 valence electrons. The highest BCUT2D eigenvalue weighted by Gasteiger charge is 2.24. The van der Waals surface area contributed by atoms with E-state index >= 15 is 0 Å². The minimum Gasteiger partial charge on any atom is -0.207 e. The molecule has 2 aromatic rings. The lowest BCUT2D eigenvalue weighted by molar-refractivity contribution is 0.482. The molecule has 2 aromatic carbocycles. The summed E-state index contributed by atoms with van der Waals surface area (Å²) < 4.78 is 27.0. The summed E-state index contributed by atoms with van der Waals surface area (Å²) in [6.45, 7) is 5.69. The molecule has 0 heterocycles. The molecule has 4 heteroatoms. The fraction of sp³-hybridized carbons (Fsp3) is 0.150. The Morgan fingerprint density at radius 2 is 1.75 bits per heavy atom. The Morgan fingerprint density at radius 3 is 2.29 bits per heavy atom. The van der Waals surface area contributed by atoms with Crippen molar-refractivity contribution in [2.45, 2.75) is 11.8 Å². The number of hydrogen-bond acceptors (Lipinski definition) is 2. The number of hydrogen-bond donors (Lipinski definition) is 0. The molecule has 0 N–H and O–H groups in total. The van der Waals surface area contributed by atoms with Gasteiger partial charge in [-0.05, 0) is 24.6 Å². The van der Waals surface area contributed by atoms with E-state index in [1.165, 1.54) is 4.31 Å². The van der Waals surface area contributed by atoms with Crippen LogP contribution in [0, 0.1) is 19.3 Å². The first kappa shape index (κ1) is 17.8. The highest BCUT2D eigenvalue weighted by Crippen LogP contribution is 2.21. The molecule has 0 atom stereocenters. The van der Waals surface area contributed by atoms with Crippen LogP contribution in [0.15, 0.2) is 71.8 Å². The third-order valence-electron chi connectivity index (χ3n) is 3.60. The number of terminal acetylenes is 1. The number of nitrogens with zero attached hydrogens (tertiary/aromatic N) is 1. The first-order chi connectivity index (χ1) is 11.5. The SMILES string of the molecule is C#CCN(CC(=C=C)c1ccccc1)S(=O)(=O)c1ccc(C)cc1. The summed E-state index contributed by atoms with van der Waals surface area (Å²) in [6.07, 6.45) is 5.38. The molecule has 3 nitrogen and oxygen atoms in total. The summed E-state index contributed by atoms with van der Waals surface area (Å²) in [5, 5.41) is 0. The van der Waals surface area contributed by atoms with E-state index in [2.05, 4.69) is 18.2 Å². The zero-order chi connectivity index (χ0) is 17.6. The molecule has 0 aliphatic rings. The van der Waals surface area contributed by atoms with Gasteiger partial charge in [0.1, 0.15) is 0 Å². The minimum atomic E-state index is -3.69. The van der Waals surface area contributed by atoms with Gasteiger partial charge in [-0.2, -0.15) is 4.31 Å². The normalized spacial score (nSPS) is 10.9. The van der Waals surface area contributed by atoms with Crippen LogP contribution in [0.25, 0.3) is 5.57 Å². The van der Waals surface area contributed by atoms with E-state index in [-0.39, 0.29) is 18.0 Å². The first-order valence-corrected chi connectivity index (χ1v) is 8.87. The maximum absolute atomic E-state index is 12.9. The predicted octanol–water partition coefficient (Wildman–Crippen LogP) is 3.49. The second-order valence-corrected chi connectivity index (χ2v) is 7.25. The largest absolute Gasteiger partial charge is 0.244 e. The molecule has 0 fully saturated rings. The summed E-state index contributed by atoms with van der Waals surface area (Å²) >= 11 is 0. The smallest absolute Gasteiger partial charge is 0.207 e. The van der Waals surface area contributed by atoms with Gasteiger partial charge in [0, 0.05) is 12.1 Å². The van der Waals surface area contributed by atoms with Crippen LogP contribution in [0.5, 0.6) is 0 Å². The van der Waals surface area contributed by atoms with Gasteiger partial charge in [-0.25, -0.2) is 8.42 Å². The van der Waals surface area contributed by atoms with Crippen LogP contribution in [-0.4, -0.2) is 25.8 Å². The van der Waals surface area contributed by atoms with E-state index < -0.39 is 10.0 Å². The van der Waals surface area contributed by atoms with Crippen molar-refractivity contribution >= 4 is 15.6 Å². The molecule has 0 unspecified atom stereocenters. The van der Waals surface area contributed by atoms with E-state index in [1.54, 1.807) is 24.3 Å². The lowest BCUT2D eigenvalue weighted by Gasteiger charge is -2.21. The number of aryl methyl sites for hydroxylation is 1. The van der Waals surface area contributed by atoms with E-state index in [1.807, 2.05) is 37.3 Å². The zero-order valence-corrected chi connectivity index (χ0v) is 14.4. The third kappa shape index (κ3) is 4.04. The maximum atomic E-state index is 12.9. The predicted molar refractivity (Wildman–Crippen MR) is 97.8 cm³/mol. The molecule has 0 bridgehead atoms. The molecule has 2 rings (SSSR count). The van der Waals surface area contributed by atoms with Crippen LogP contribution in [0.4, 0.5) is 0 Å². The average Bonchev–Trinajstić information content (AvgIpc) is 2.59. The summed E-state index contributed by atoms with van der Waals surface area (Å²) in [5.74, 6) is 2.42. The molecule has 0 saturated carbocycles. The Balaban J connectivity index is 2.37. The zero-order valence-electron chi connectivity index (χ0n) is 13.6. The second kappa shape index (κ2) is 7.81. The molecule has 0 radical (unpaired) electrons. The van der Waals surface area contributed by atoms with Crippen molar-refractivity contribution in [3.63, 3.8) is 0 Å². The van der Waals surface area contributed by atoms with Gasteiger partial charge in [-0.15, -0.1) is 12.2 Å². The topological polar surface area (TPSA) is 37.4 Å². The van der Waals surface area contributed by atoms with Gasteiger partial charge in [0.2, 0.25) is 10.0 Å². The molecule has 0 amide bonds. The Hall–Kier alpha value is -2.57. The summed E-state index contributed by atoms with van der Waals surface area (Å²) in [5.41, 5.74) is 5.38. The summed E-state index contributed by atoms with van der Waals surface area (Å²) in [4.78, 5) is 0.222. The third-order valence-corrected chi connectivity index (χ3v) is 5.40. The fourth-order valence-corrected chi connectivity index (χ4v) is 3.57. The molecule has 24 heavy (non-hydrogen) atoms. The Labute approximate surface area is 144 Å². The second-order valence-electron chi connectivity index (χ2n) is 5.31. The van der Waals surface area contributed by atoms with Gasteiger partial charge in [0.05, 0.1) is 11.4 Å². The standard InChI is InChI=1S/C20H19NO2S/c1-4-15-21(16-18(5-2)19-9-7-6-8-10-19)24(22,23)20-13-11-17(3)12-14-20/h1,6-14H,2,15-16H2,3H3. The van der Waals surface area contributed by atoms with Crippen LogP contribution < -0.4 is 0 Å². The summed E-state index contributed by atoms with van der Waals surface area (Å²) in [7, 11) is -3.69. The maximum Gasteiger partial charge on any atom is 0.244 e. The summed E-state index contributed by atoms with van der Waals surface area (Å²) in [6, 6.07) is 16.2. The number of sulfonamides is 1. The Bertz CT molecular complexity index is 885. The van der Waals surface area contributed by atoms with Crippen LogP contribution >= 0.6 is 0 Å². The van der Waals surface area contributed by atoms with Crippen molar-refractivity contribution in [2.24, 2.45) is 0 Å². The van der Waals surface area contributed by atoms with Crippen molar-refractivity contribution in [2.75, 3.05) is 13.1 Å². The average molecular weight is 337 g/mol. The van der Waals surface area contributed by atoms with Gasteiger partial charge in [-0.1, -0.05) is 60.5 Å². The number of rotatable bonds is 6. The van der Waals surface area contributed by atoms with Gasteiger partial charge >= 0.3 is 0 Å². The lowest BCUT2D eigenvalue weighted by Crippen LogP contribution is -2.33.